The third kappa shape index (κ3) is 3.65. The summed E-state index contributed by atoms with van der Waals surface area (Å²) in [6, 6.07) is 36.8. The van der Waals surface area contributed by atoms with Gasteiger partial charge >= 0.3 is 0 Å². The van der Waals surface area contributed by atoms with E-state index in [1.54, 1.807) is 0 Å². The lowest BCUT2D eigenvalue weighted by Crippen LogP contribution is -1.88. The van der Waals surface area contributed by atoms with Crippen LogP contribution in [0.4, 0.5) is 0 Å². The summed E-state index contributed by atoms with van der Waals surface area (Å²) in [4.78, 5) is 9.59. The Morgan fingerprint density at radius 2 is 1.28 bits per heavy atom. The maximum absolute atomic E-state index is 4.81. The number of benzene rings is 4. The molecule has 0 N–H and O–H groups in total. The average molecular weight is 479 g/mol. The number of hydrogen-bond donors (Lipinski definition) is 0. The van der Waals surface area contributed by atoms with Gasteiger partial charge in [-0.15, -0.1) is 11.3 Å². The van der Waals surface area contributed by atoms with Gasteiger partial charge < -0.3 is 0 Å². The minimum atomic E-state index is 0.979. The van der Waals surface area contributed by atoms with Crippen molar-refractivity contribution >= 4 is 42.4 Å². The van der Waals surface area contributed by atoms with Crippen LogP contribution in [-0.4, -0.2) is 9.97 Å². The van der Waals surface area contributed by atoms with Crippen molar-refractivity contribution in [2.75, 3.05) is 0 Å². The van der Waals surface area contributed by atoms with Crippen LogP contribution in [0, 0.1) is 6.92 Å². The van der Waals surface area contributed by atoms with E-state index < -0.39 is 0 Å². The first-order chi connectivity index (χ1) is 17.7. The molecule has 0 unspecified atom stereocenters. The van der Waals surface area contributed by atoms with Gasteiger partial charge in [-0.3, -0.25) is 9.97 Å². The summed E-state index contributed by atoms with van der Waals surface area (Å²) in [5.74, 6) is 0. The molecule has 0 spiro atoms. The zero-order valence-electron chi connectivity index (χ0n) is 19.8. The van der Waals surface area contributed by atoms with Gasteiger partial charge in [0.05, 0.1) is 11.2 Å². The number of thiophene rings is 1. The van der Waals surface area contributed by atoms with Crippen molar-refractivity contribution in [2.45, 2.75) is 6.92 Å². The third-order valence-electron chi connectivity index (χ3n) is 6.84. The minimum Gasteiger partial charge on any atom is -0.256 e. The van der Waals surface area contributed by atoms with Gasteiger partial charge in [0.25, 0.3) is 0 Å². The number of hydrogen-bond acceptors (Lipinski definition) is 3. The Morgan fingerprint density at radius 3 is 2.14 bits per heavy atom. The Morgan fingerprint density at radius 1 is 0.528 bits per heavy atom. The van der Waals surface area contributed by atoms with Gasteiger partial charge in [0.2, 0.25) is 0 Å². The molecule has 0 bridgehead atoms. The molecule has 3 aromatic heterocycles. The Hall–Kier alpha value is -4.34. The molecule has 0 aliphatic rings. The van der Waals surface area contributed by atoms with Crippen LogP contribution >= 0.6 is 11.3 Å². The number of pyridine rings is 2. The standard InChI is InChI=1S/C33H22N2S/c1-21-6-8-22(9-7-21)23-10-11-24-16-27(20-35-31(24)18-23)26-12-14-30(34-19-26)25-13-15-33-29(17-25)28-4-2-3-5-32(28)36-33/h2-20H,1H3. The van der Waals surface area contributed by atoms with Gasteiger partial charge in [0.1, 0.15) is 0 Å². The molecule has 0 fully saturated rings. The van der Waals surface area contributed by atoms with E-state index in [1.807, 2.05) is 23.7 Å². The smallest absolute Gasteiger partial charge is 0.0708 e. The molecule has 0 radical (unpaired) electrons. The van der Waals surface area contributed by atoms with Crippen molar-refractivity contribution in [1.29, 1.82) is 0 Å². The molecule has 7 aromatic rings. The number of fused-ring (bicyclic) bond motifs is 4. The van der Waals surface area contributed by atoms with Crippen LogP contribution in [0.2, 0.25) is 0 Å². The molecule has 0 aliphatic heterocycles. The van der Waals surface area contributed by atoms with Gasteiger partial charge in [-0.05, 0) is 54.4 Å². The van der Waals surface area contributed by atoms with Crippen molar-refractivity contribution < 1.29 is 0 Å². The van der Waals surface area contributed by atoms with Crippen molar-refractivity contribution in [3.05, 3.63) is 121 Å². The molecule has 3 heterocycles. The van der Waals surface area contributed by atoms with E-state index in [4.69, 9.17) is 9.97 Å². The summed E-state index contributed by atoms with van der Waals surface area (Å²) in [6.45, 7) is 2.11. The maximum atomic E-state index is 4.81. The Kier molecular flexibility index (Phi) is 4.90. The summed E-state index contributed by atoms with van der Waals surface area (Å²) in [5.41, 5.74) is 8.91. The van der Waals surface area contributed by atoms with E-state index in [-0.39, 0.29) is 0 Å². The largest absolute Gasteiger partial charge is 0.256 e. The van der Waals surface area contributed by atoms with E-state index >= 15 is 0 Å². The fraction of sp³-hybridized carbons (Fsp3) is 0.0303. The van der Waals surface area contributed by atoms with Gasteiger partial charge in [-0.1, -0.05) is 72.3 Å². The summed E-state index contributed by atoms with van der Waals surface area (Å²) >= 11 is 1.84. The maximum Gasteiger partial charge on any atom is 0.0708 e. The molecule has 0 saturated carbocycles. The molecule has 2 nitrogen and oxygen atoms in total. The second kappa shape index (κ2) is 8.40. The SMILES string of the molecule is Cc1ccc(-c2ccc3cc(-c4ccc(-c5ccc6sc7ccccc7c6c5)nc4)cnc3c2)cc1. The monoisotopic (exact) mass is 478 g/mol. The highest BCUT2D eigenvalue weighted by molar-refractivity contribution is 7.25. The van der Waals surface area contributed by atoms with Crippen LogP contribution in [-0.2, 0) is 0 Å². The van der Waals surface area contributed by atoms with Crippen molar-refractivity contribution in [3.63, 3.8) is 0 Å². The van der Waals surface area contributed by atoms with Crippen molar-refractivity contribution in [3.8, 4) is 33.5 Å². The molecule has 4 aromatic carbocycles. The predicted molar refractivity (Wildman–Crippen MR) is 153 cm³/mol. The summed E-state index contributed by atoms with van der Waals surface area (Å²) in [5, 5.41) is 3.73. The third-order valence-corrected chi connectivity index (χ3v) is 7.99. The average Bonchev–Trinajstić information content (AvgIpc) is 3.31. The quantitative estimate of drug-likeness (QED) is 0.253. The van der Waals surface area contributed by atoms with Gasteiger partial charge in [0.15, 0.2) is 0 Å². The van der Waals surface area contributed by atoms with Crippen LogP contribution in [0.3, 0.4) is 0 Å². The molecular formula is C33H22N2S. The Labute approximate surface area is 213 Å². The molecule has 0 aliphatic carbocycles. The van der Waals surface area contributed by atoms with E-state index in [9.17, 15) is 0 Å². The fourth-order valence-corrected chi connectivity index (χ4v) is 5.91. The van der Waals surface area contributed by atoms with Crippen LogP contribution < -0.4 is 0 Å². The highest BCUT2D eigenvalue weighted by atomic mass is 32.1. The number of aryl methyl sites for hydroxylation is 1. The zero-order valence-corrected chi connectivity index (χ0v) is 20.6. The first-order valence-corrected chi connectivity index (χ1v) is 12.9. The van der Waals surface area contributed by atoms with E-state index in [0.717, 1.165) is 33.3 Å². The van der Waals surface area contributed by atoms with E-state index in [0.29, 0.717) is 0 Å². The topological polar surface area (TPSA) is 25.8 Å². The van der Waals surface area contributed by atoms with Crippen molar-refractivity contribution in [1.82, 2.24) is 9.97 Å². The number of aromatic nitrogens is 2. The lowest BCUT2D eigenvalue weighted by atomic mass is 10.0. The second-order valence-corrected chi connectivity index (χ2v) is 10.3. The molecular weight excluding hydrogens is 456 g/mol. The molecule has 170 valence electrons. The lowest BCUT2D eigenvalue weighted by Gasteiger charge is -2.08. The van der Waals surface area contributed by atoms with Gasteiger partial charge in [0, 0.05) is 54.6 Å². The summed E-state index contributed by atoms with van der Waals surface area (Å²) in [7, 11) is 0. The van der Waals surface area contributed by atoms with Crippen molar-refractivity contribution in [2.24, 2.45) is 0 Å². The highest BCUT2D eigenvalue weighted by Crippen LogP contribution is 2.36. The molecule has 3 heteroatoms. The fourth-order valence-electron chi connectivity index (χ4n) is 4.83. The van der Waals surface area contributed by atoms with Gasteiger partial charge in [-0.25, -0.2) is 0 Å². The van der Waals surface area contributed by atoms with E-state index in [2.05, 4.69) is 110 Å². The first kappa shape index (κ1) is 21.0. The minimum absolute atomic E-state index is 0.979. The molecule has 0 saturated heterocycles. The summed E-state index contributed by atoms with van der Waals surface area (Å²) < 4.78 is 2.63. The molecule has 36 heavy (non-hydrogen) atoms. The second-order valence-electron chi connectivity index (χ2n) is 9.24. The van der Waals surface area contributed by atoms with Gasteiger partial charge in [-0.2, -0.15) is 0 Å². The van der Waals surface area contributed by atoms with E-state index in [1.165, 1.54) is 36.9 Å². The number of rotatable bonds is 3. The molecule has 0 amide bonds. The molecule has 7 rings (SSSR count). The Balaban J connectivity index is 1.20. The van der Waals surface area contributed by atoms with Crippen LogP contribution in [0.25, 0.3) is 64.6 Å². The van der Waals surface area contributed by atoms with Crippen LogP contribution in [0.1, 0.15) is 5.56 Å². The highest BCUT2D eigenvalue weighted by Gasteiger charge is 2.09. The lowest BCUT2D eigenvalue weighted by molar-refractivity contribution is 1.32. The van der Waals surface area contributed by atoms with Crippen LogP contribution in [0.15, 0.2) is 116 Å². The normalized spacial score (nSPS) is 11.5. The zero-order chi connectivity index (χ0) is 24.1. The van der Waals surface area contributed by atoms with Crippen LogP contribution in [0.5, 0.6) is 0 Å². The first-order valence-electron chi connectivity index (χ1n) is 12.1. The molecule has 0 atom stereocenters. The predicted octanol–water partition coefficient (Wildman–Crippen LogP) is 9.31. The number of nitrogens with zero attached hydrogens (tertiary/aromatic N) is 2. The Bertz CT molecular complexity index is 1880. The summed E-state index contributed by atoms with van der Waals surface area (Å²) in [6.07, 6.45) is 3.90.